The third-order valence-electron chi connectivity index (χ3n) is 2.88. The van der Waals surface area contributed by atoms with Crippen molar-refractivity contribution in [2.45, 2.75) is 19.9 Å². The smallest absolute Gasteiger partial charge is 0.236 e. The number of likely N-dealkylation sites (N-methyl/N-ethyl adjacent to an activating group) is 1. The Balaban J connectivity index is 2.63. The van der Waals surface area contributed by atoms with Crippen LogP contribution in [0.1, 0.15) is 25.5 Å². The van der Waals surface area contributed by atoms with Gasteiger partial charge in [0.1, 0.15) is 5.82 Å². The lowest BCUT2D eigenvalue weighted by molar-refractivity contribution is -0.128. The first-order valence-corrected chi connectivity index (χ1v) is 6.67. The van der Waals surface area contributed by atoms with Crippen molar-refractivity contribution in [3.8, 4) is 0 Å². The predicted octanol–water partition coefficient (Wildman–Crippen LogP) is 2.72. The lowest BCUT2D eigenvalue weighted by atomic mass is 10.1. The van der Waals surface area contributed by atoms with E-state index in [1.165, 1.54) is 6.07 Å². The van der Waals surface area contributed by atoms with E-state index >= 15 is 0 Å². The number of nitrogens with zero attached hydrogens (tertiary/aromatic N) is 1. The minimum atomic E-state index is -0.269. The molecule has 0 saturated heterocycles. The number of carbonyl (C=O) groups excluding carboxylic acids is 1. The third-order valence-corrected chi connectivity index (χ3v) is 3.38. The lowest BCUT2D eigenvalue weighted by Crippen LogP contribution is -2.36. The van der Waals surface area contributed by atoms with E-state index in [2.05, 4.69) is 21.2 Å². The summed E-state index contributed by atoms with van der Waals surface area (Å²) in [6.07, 6.45) is 0. The van der Waals surface area contributed by atoms with E-state index in [0.717, 1.165) is 4.47 Å². The van der Waals surface area contributed by atoms with Crippen molar-refractivity contribution in [1.82, 2.24) is 10.2 Å². The molecule has 0 bridgehead atoms. The molecule has 0 spiro atoms. The molecule has 1 rings (SSSR count). The van der Waals surface area contributed by atoms with Crippen molar-refractivity contribution in [3.63, 3.8) is 0 Å². The van der Waals surface area contributed by atoms with Gasteiger partial charge in [0, 0.05) is 29.7 Å². The Morgan fingerprint density at radius 2 is 2.22 bits per heavy atom. The molecule has 0 aliphatic carbocycles. The van der Waals surface area contributed by atoms with E-state index in [-0.39, 0.29) is 24.3 Å². The summed E-state index contributed by atoms with van der Waals surface area (Å²) in [5.74, 6) is -0.269. The molecule has 0 saturated carbocycles. The molecule has 1 amide bonds. The predicted molar refractivity (Wildman–Crippen MR) is 73.8 cm³/mol. The number of amides is 1. The van der Waals surface area contributed by atoms with Crippen molar-refractivity contribution >= 4 is 21.8 Å². The van der Waals surface area contributed by atoms with E-state index in [0.29, 0.717) is 12.1 Å². The number of hydrogen-bond acceptors (Lipinski definition) is 2. The molecule has 3 nitrogen and oxygen atoms in total. The first-order chi connectivity index (χ1) is 8.45. The summed E-state index contributed by atoms with van der Waals surface area (Å²) in [5.41, 5.74) is 0.552. The molecule has 0 aliphatic rings. The summed E-state index contributed by atoms with van der Waals surface area (Å²) in [5, 5.41) is 3.03. The Bertz CT molecular complexity index is 425. The fraction of sp³-hybridized carbons (Fsp3) is 0.462. The molecule has 0 heterocycles. The highest BCUT2D eigenvalue weighted by atomic mass is 79.9. The molecule has 5 heteroatoms. The average molecular weight is 317 g/mol. The van der Waals surface area contributed by atoms with Gasteiger partial charge in [-0.05, 0) is 32.0 Å². The molecule has 1 unspecified atom stereocenters. The van der Waals surface area contributed by atoms with Crippen molar-refractivity contribution < 1.29 is 9.18 Å². The van der Waals surface area contributed by atoms with Crippen LogP contribution in [0.2, 0.25) is 0 Å². The van der Waals surface area contributed by atoms with Crippen molar-refractivity contribution in [3.05, 3.63) is 34.1 Å². The van der Waals surface area contributed by atoms with E-state index in [1.807, 2.05) is 13.8 Å². The van der Waals surface area contributed by atoms with Gasteiger partial charge in [-0.2, -0.15) is 0 Å². The van der Waals surface area contributed by atoms with Crippen LogP contribution in [0, 0.1) is 5.82 Å². The molecule has 1 aromatic carbocycles. The minimum absolute atomic E-state index is 0.000227. The Hall–Kier alpha value is -0.940. The summed E-state index contributed by atoms with van der Waals surface area (Å²) in [7, 11) is 1.74. The number of benzene rings is 1. The van der Waals surface area contributed by atoms with Gasteiger partial charge in [-0.1, -0.05) is 15.9 Å². The van der Waals surface area contributed by atoms with Crippen molar-refractivity contribution in [2.75, 3.05) is 20.1 Å². The molecular weight excluding hydrogens is 299 g/mol. The van der Waals surface area contributed by atoms with Gasteiger partial charge >= 0.3 is 0 Å². The van der Waals surface area contributed by atoms with Crippen LogP contribution in [0.3, 0.4) is 0 Å². The molecule has 0 aromatic heterocycles. The highest BCUT2D eigenvalue weighted by Crippen LogP contribution is 2.21. The Morgan fingerprint density at radius 3 is 2.83 bits per heavy atom. The van der Waals surface area contributed by atoms with Crippen molar-refractivity contribution in [2.24, 2.45) is 0 Å². The third kappa shape index (κ3) is 4.07. The van der Waals surface area contributed by atoms with Gasteiger partial charge in [0.15, 0.2) is 0 Å². The molecule has 1 aromatic rings. The molecule has 18 heavy (non-hydrogen) atoms. The van der Waals surface area contributed by atoms with Gasteiger partial charge in [0.2, 0.25) is 5.91 Å². The SMILES string of the molecule is CCN(C)C(=O)CNC(C)c1cc(Br)ccc1F. The first-order valence-electron chi connectivity index (χ1n) is 5.88. The summed E-state index contributed by atoms with van der Waals surface area (Å²) in [6.45, 7) is 4.62. The quantitative estimate of drug-likeness (QED) is 0.906. The second-order valence-electron chi connectivity index (χ2n) is 4.18. The molecule has 0 aliphatic heterocycles. The van der Waals surface area contributed by atoms with E-state index in [1.54, 1.807) is 24.1 Å². The van der Waals surface area contributed by atoms with Gasteiger partial charge < -0.3 is 10.2 Å². The fourth-order valence-electron chi connectivity index (χ4n) is 1.51. The Labute approximate surface area is 115 Å². The topological polar surface area (TPSA) is 32.3 Å². The van der Waals surface area contributed by atoms with Gasteiger partial charge in [0.05, 0.1) is 6.54 Å². The van der Waals surface area contributed by atoms with Crippen molar-refractivity contribution in [1.29, 1.82) is 0 Å². The Kier molecular flexibility index (Phi) is 5.75. The largest absolute Gasteiger partial charge is 0.345 e. The maximum absolute atomic E-state index is 13.6. The minimum Gasteiger partial charge on any atom is -0.345 e. The maximum atomic E-state index is 13.6. The lowest BCUT2D eigenvalue weighted by Gasteiger charge is -2.18. The van der Waals surface area contributed by atoms with Gasteiger partial charge in [-0.15, -0.1) is 0 Å². The number of halogens is 2. The number of carbonyl (C=O) groups is 1. The zero-order valence-corrected chi connectivity index (χ0v) is 12.4. The van der Waals surface area contributed by atoms with Gasteiger partial charge in [0.25, 0.3) is 0 Å². The number of nitrogens with one attached hydrogen (secondary N) is 1. The zero-order valence-electron chi connectivity index (χ0n) is 10.8. The van der Waals surface area contributed by atoms with E-state index in [4.69, 9.17) is 0 Å². The van der Waals surface area contributed by atoms with E-state index < -0.39 is 0 Å². The number of hydrogen-bond donors (Lipinski definition) is 1. The molecule has 1 N–H and O–H groups in total. The average Bonchev–Trinajstić information content (AvgIpc) is 2.37. The van der Waals surface area contributed by atoms with Crippen LogP contribution in [-0.2, 0) is 4.79 Å². The summed E-state index contributed by atoms with van der Waals surface area (Å²) in [6, 6.07) is 4.58. The standard InChI is InChI=1S/C13H18BrFN2O/c1-4-17(3)13(18)8-16-9(2)11-7-10(14)5-6-12(11)15/h5-7,9,16H,4,8H2,1-3H3. The van der Waals surface area contributed by atoms with E-state index in [9.17, 15) is 9.18 Å². The van der Waals surface area contributed by atoms with Gasteiger partial charge in [-0.25, -0.2) is 4.39 Å². The van der Waals surface area contributed by atoms with Crippen LogP contribution >= 0.6 is 15.9 Å². The van der Waals surface area contributed by atoms with Crippen LogP contribution < -0.4 is 5.32 Å². The maximum Gasteiger partial charge on any atom is 0.236 e. The summed E-state index contributed by atoms with van der Waals surface area (Å²) < 4.78 is 14.4. The van der Waals surface area contributed by atoms with Crippen LogP contribution in [-0.4, -0.2) is 30.9 Å². The van der Waals surface area contributed by atoms with Crippen LogP contribution in [0.15, 0.2) is 22.7 Å². The molecule has 100 valence electrons. The van der Waals surface area contributed by atoms with Crippen LogP contribution in [0.5, 0.6) is 0 Å². The highest BCUT2D eigenvalue weighted by molar-refractivity contribution is 9.10. The molecule has 0 fully saturated rings. The van der Waals surface area contributed by atoms with Crippen LogP contribution in [0.4, 0.5) is 4.39 Å². The number of rotatable bonds is 5. The second-order valence-corrected chi connectivity index (χ2v) is 5.09. The summed E-state index contributed by atoms with van der Waals surface area (Å²) >= 11 is 3.31. The van der Waals surface area contributed by atoms with Gasteiger partial charge in [-0.3, -0.25) is 4.79 Å². The molecular formula is C13H18BrFN2O. The molecule has 1 atom stereocenters. The monoisotopic (exact) mass is 316 g/mol. The first kappa shape index (κ1) is 15.1. The summed E-state index contributed by atoms with van der Waals surface area (Å²) in [4.78, 5) is 13.2. The second kappa shape index (κ2) is 6.85. The highest BCUT2D eigenvalue weighted by Gasteiger charge is 2.13. The van der Waals surface area contributed by atoms with Crippen LogP contribution in [0.25, 0.3) is 0 Å². The fourth-order valence-corrected chi connectivity index (χ4v) is 1.89. The zero-order chi connectivity index (χ0) is 13.7. The molecule has 0 radical (unpaired) electrons. The normalized spacial score (nSPS) is 12.3. The Morgan fingerprint density at radius 1 is 1.56 bits per heavy atom.